The van der Waals surface area contributed by atoms with Crippen molar-refractivity contribution in [3.8, 4) is 5.75 Å². The predicted octanol–water partition coefficient (Wildman–Crippen LogP) is 3.59. The molecule has 26 heavy (non-hydrogen) atoms. The van der Waals surface area contributed by atoms with Gasteiger partial charge in [-0.3, -0.25) is 9.78 Å². The summed E-state index contributed by atoms with van der Waals surface area (Å²) in [7, 11) is 2.87. The minimum absolute atomic E-state index is 0.278. The number of anilines is 1. The number of pyridine rings is 1. The summed E-state index contributed by atoms with van der Waals surface area (Å²) < 4.78 is 9.92. The van der Waals surface area contributed by atoms with Crippen LogP contribution in [0.5, 0.6) is 5.75 Å². The molecule has 3 rings (SSSR count). The van der Waals surface area contributed by atoms with E-state index in [2.05, 4.69) is 10.3 Å². The Labute approximate surface area is 150 Å². The molecule has 1 heterocycles. The molecule has 132 valence electrons. The van der Waals surface area contributed by atoms with Crippen LogP contribution < -0.4 is 10.1 Å². The van der Waals surface area contributed by atoms with Crippen LogP contribution in [0, 0.1) is 6.92 Å². The van der Waals surface area contributed by atoms with E-state index in [0.29, 0.717) is 33.5 Å². The smallest absolute Gasteiger partial charge is 0.337 e. The van der Waals surface area contributed by atoms with E-state index in [-0.39, 0.29) is 5.91 Å². The van der Waals surface area contributed by atoms with Gasteiger partial charge in [-0.2, -0.15) is 0 Å². The predicted molar refractivity (Wildman–Crippen MR) is 98.8 cm³/mol. The highest BCUT2D eigenvalue weighted by atomic mass is 16.5. The zero-order valence-electron chi connectivity index (χ0n) is 14.7. The van der Waals surface area contributed by atoms with E-state index in [1.165, 1.54) is 7.11 Å². The maximum absolute atomic E-state index is 12.6. The third kappa shape index (κ3) is 3.49. The monoisotopic (exact) mass is 350 g/mol. The Balaban J connectivity index is 2.02. The molecular formula is C20H18N2O4. The number of carbonyl (C=O) groups excluding carboxylic acids is 2. The van der Waals surface area contributed by atoms with Crippen molar-refractivity contribution in [3.05, 3.63) is 65.4 Å². The van der Waals surface area contributed by atoms with Crippen molar-refractivity contribution in [1.29, 1.82) is 0 Å². The topological polar surface area (TPSA) is 77.5 Å². The Kier molecular flexibility index (Phi) is 4.84. The van der Waals surface area contributed by atoms with Crippen LogP contribution in [0.3, 0.4) is 0 Å². The minimum Gasteiger partial charge on any atom is -0.497 e. The van der Waals surface area contributed by atoms with Gasteiger partial charge in [0.1, 0.15) is 5.75 Å². The van der Waals surface area contributed by atoms with E-state index in [0.717, 1.165) is 5.69 Å². The molecule has 3 aromatic rings. The molecule has 1 aromatic heterocycles. The lowest BCUT2D eigenvalue weighted by atomic mass is 10.1. The van der Waals surface area contributed by atoms with Gasteiger partial charge in [-0.25, -0.2) is 4.79 Å². The first-order chi connectivity index (χ1) is 12.5. The highest BCUT2D eigenvalue weighted by molar-refractivity contribution is 6.09. The largest absolute Gasteiger partial charge is 0.497 e. The van der Waals surface area contributed by atoms with Crippen LogP contribution in [0.25, 0.3) is 10.9 Å². The van der Waals surface area contributed by atoms with Gasteiger partial charge in [-0.15, -0.1) is 0 Å². The molecule has 0 fully saturated rings. The molecule has 0 unspecified atom stereocenters. The number of hydrogen-bond acceptors (Lipinski definition) is 5. The molecule has 0 spiro atoms. The van der Waals surface area contributed by atoms with Crippen LogP contribution in [0.1, 0.15) is 26.4 Å². The lowest BCUT2D eigenvalue weighted by Gasteiger charge is -2.11. The quantitative estimate of drug-likeness (QED) is 0.728. The fourth-order valence-electron chi connectivity index (χ4n) is 2.67. The van der Waals surface area contributed by atoms with Gasteiger partial charge in [0, 0.05) is 16.6 Å². The van der Waals surface area contributed by atoms with Crippen LogP contribution in [-0.4, -0.2) is 31.1 Å². The van der Waals surface area contributed by atoms with Gasteiger partial charge in [0.25, 0.3) is 5.91 Å². The molecule has 0 aliphatic heterocycles. The van der Waals surface area contributed by atoms with E-state index < -0.39 is 5.97 Å². The Bertz CT molecular complexity index is 998. The van der Waals surface area contributed by atoms with Gasteiger partial charge in [-0.05, 0) is 49.4 Å². The van der Waals surface area contributed by atoms with Crippen molar-refractivity contribution in [1.82, 2.24) is 4.98 Å². The second-order valence-corrected chi connectivity index (χ2v) is 5.72. The van der Waals surface area contributed by atoms with Crippen LogP contribution in [0.15, 0.2) is 48.5 Å². The molecule has 0 saturated heterocycles. The zero-order valence-corrected chi connectivity index (χ0v) is 14.7. The summed E-state index contributed by atoms with van der Waals surface area (Å²) in [6, 6.07) is 13.7. The normalized spacial score (nSPS) is 10.4. The van der Waals surface area contributed by atoms with E-state index in [4.69, 9.17) is 9.47 Å². The highest BCUT2D eigenvalue weighted by Gasteiger charge is 2.13. The van der Waals surface area contributed by atoms with Crippen LogP contribution in [-0.2, 0) is 4.74 Å². The van der Waals surface area contributed by atoms with E-state index in [1.54, 1.807) is 55.6 Å². The maximum atomic E-state index is 12.6. The number of aromatic nitrogens is 1. The van der Waals surface area contributed by atoms with Crippen LogP contribution in [0.4, 0.5) is 5.69 Å². The fourth-order valence-corrected chi connectivity index (χ4v) is 2.67. The summed E-state index contributed by atoms with van der Waals surface area (Å²) in [6.45, 7) is 1.84. The SMILES string of the molecule is COC(=O)c1ccc2nc(C)cc(NC(=O)c3cccc(OC)c3)c2c1. The van der Waals surface area contributed by atoms with Crippen LogP contribution >= 0.6 is 0 Å². The summed E-state index contributed by atoms with van der Waals surface area (Å²) in [6.07, 6.45) is 0. The van der Waals surface area contributed by atoms with Gasteiger partial charge in [-0.1, -0.05) is 6.07 Å². The molecule has 6 nitrogen and oxygen atoms in total. The Hall–Kier alpha value is -3.41. The molecule has 0 aliphatic carbocycles. The lowest BCUT2D eigenvalue weighted by molar-refractivity contribution is 0.0601. The molecule has 6 heteroatoms. The minimum atomic E-state index is -0.447. The number of hydrogen-bond donors (Lipinski definition) is 1. The van der Waals surface area contributed by atoms with Gasteiger partial charge in [0.05, 0.1) is 31.0 Å². The van der Waals surface area contributed by atoms with Crippen molar-refractivity contribution in [3.63, 3.8) is 0 Å². The number of fused-ring (bicyclic) bond motifs is 1. The first-order valence-corrected chi connectivity index (χ1v) is 7.97. The van der Waals surface area contributed by atoms with Crippen molar-refractivity contribution < 1.29 is 19.1 Å². The van der Waals surface area contributed by atoms with Crippen molar-refractivity contribution >= 4 is 28.5 Å². The fraction of sp³-hybridized carbons (Fsp3) is 0.150. The van der Waals surface area contributed by atoms with Crippen molar-refractivity contribution in [2.45, 2.75) is 6.92 Å². The Morgan fingerprint density at radius 1 is 1.00 bits per heavy atom. The standard InChI is InChI=1S/C20H18N2O4/c1-12-9-18(22-19(23)13-5-4-6-15(10-13)25-2)16-11-14(20(24)26-3)7-8-17(16)21-12/h4-11H,1-3H3,(H,21,22,23). The Morgan fingerprint density at radius 2 is 1.81 bits per heavy atom. The number of amides is 1. The average molecular weight is 350 g/mol. The van der Waals surface area contributed by atoms with E-state index >= 15 is 0 Å². The second kappa shape index (κ2) is 7.23. The zero-order chi connectivity index (χ0) is 18.7. The van der Waals surface area contributed by atoms with Gasteiger partial charge < -0.3 is 14.8 Å². The molecule has 0 aliphatic rings. The first-order valence-electron chi connectivity index (χ1n) is 7.97. The average Bonchev–Trinajstić information content (AvgIpc) is 2.67. The molecule has 2 aromatic carbocycles. The second-order valence-electron chi connectivity index (χ2n) is 5.72. The number of methoxy groups -OCH3 is 2. The van der Waals surface area contributed by atoms with Gasteiger partial charge in [0.15, 0.2) is 0 Å². The lowest BCUT2D eigenvalue weighted by Crippen LogP contribution is -2.13. The molecule has 1 N–H and O–H groups in total. The molecule has 1 amide bonds. The number of rotatable bonds is 4. The summed E-state index contributed by atoms with van der Waals surface area (Å²) in [4.78, 5) is 28.9. The molecule has 0 radical (unpaired) electrons. The van der Waals surface area contributed by atoms with Gasteiger partial charge in [0.2, 0.25) is 0 Å². The van der Waals surface area contributed by atoms with Crippen molar-refractivity contribution in [2.75, 3.05) is 19.5 Å². The molecular weight excluding hydrogens is 332 g/mol. The molecule has 0 atom stereocenters. The van der Waals surface area contributed by atoms with E-state index in [9.17, 15) is 9.59 Å². The number of nitrogens with one attached hydrogen (secondary N) is 1. The van der Waals surface area contributed by atoms with Crippen LogP contribution in [0.2, 0.25) is 0 Å². The number of carbonyl (C=O) groups is 2. The molecule has 0 bridgehead atoms. The number of ether oxygens (including phenoxy) is 2. The summed E-state index contributed by atoms with van der Waals surface area (Å²) in [5, 5.41) is 3.55. The maximum Gasteiger partial charge on any atom is 0.337 e. The number of benzene rings is 2. The van der Waals surface area contributed by atoms with Gasteiger partial charge >= 0.3 is 5.97 Å². The number of aryl methyl sites for hydroxylation is 1. The Morgan fingerprint density at radius 3 is 2.54 bits per heavy atom. The third-order valence-electron chi connectivity index (χ3n) is 3.94. The van der Waals surface area contributed by atoms with E-state index in [1.807, 2.05) is 6.92 Å². The third-order valence-corrected chi connectivity index (χ3v) is 3.94. The number of nitrogens with zero attached hydrogens (tertiary/aromatic N) is 1. The highest BCUT2D eigenvalue weighted by Crippen LogP contribution is 2.26. The summed E-state index contributed by atoms with van der Waals surface area (Å²) in [5.74, 6) is -0.127. The van der Waals surface area contributed by atoms with Crippen molar-refractivity contribution in [2.24, 2.45) is 0 Å². The molecule has 0 saturated carbocycles. The summed E-state index contributed by atoms with van der Waals surface area (Å²) >= 11 is 0. The number of esters is 1. The first kappa shape index (κ1) is 17.4. The summed E-state index contributed by atoms with van der Waals surface area (Å²) in [5.41, 5.74) is 2.87.